The van der Waals surface area contributed by atoms with Crippen LogP contribution in [-0.4, -0.2) is 47.1 Å². The fourth-order valence-electron chi connectivity index (χ4n) is 3.34. The average Bonchev–Trinajstić information content (AvgIpc) is 2.69. The van der Waals surface area contributed by atoms with Gasteiger partial charge in [0.2, 0.25) is 0 Å². The summed E-state index contributed by atoms with van der Waals surface area (Å²) in [5, 5.41) is 10.4. The third-order valence-electron chi connectivity index (χ3n) is 4.79. The molecule has 26 heavy (non-hydrogen) atoms. The number of hydrogen-bond acceptors (Lipinski definition) is 6. The van der Waals surface area contributed by atoms with Crippen molar-refractivity contribution in [3.8, 4) is 0 Å². The molecule has 0 aliphatic carbocycles. The Balaban J connectivity index is 1.53. The highest BCUT2D eigenvalue weighted by molar-refractivity contribution is 9.11. The van der Waals surface area contributed by atoms with Crippen LogP contribution in [0.2, 0.25) is 0 Å². The van der Waals surface area contributed by atoms with E-state index >= 15 is 0 Å². The highest BCUT2D eigenvalue weighted by Gasteiger charge is 2.25. The van der Waals surface area contributed by atoms with E-state index in [1.54, 1.807) is 12.4 Å². The van der Waals surface area contributed by atoms with E-state index in [0.29, 0.717) is 0 Å². The summed E-state index contributed by atoms with van der Waals surface area (Å²) in [6, 6.07) is 6.50. The van der Waals surface area contributed by atoms with E-state index in [9.17, 15) is 0 Å². The zero-order valence-corrected chi connectivity index (χ0v) is 16.4. The number of aromatic nitrogens is 2. The van der Waals surface area contributed by atoms with Gasteiger partial charge in [0.15, 0.2) is 0 Å². The van der Waals surface area contributed by atoms with Crippen LogP contribution in [-0.2, 0) is 6.54 Å². The number of fused-ring (bicyclic) bond motifs is 1. The molecule has 1 aromatic carbocycles. The predicted octanol–water partition coefficient (Wildman–Crippen LogP) is 2.06. The maximum atomic E-state index is 4.40. The first-order valence-electron chi connectivity index (χ1n) is 8.98. The molecule has 7 heteroatoms. The summed E-state index contributed by atoms with van der Waals surface area (Å²) in [6.45, 7) is 6.97. The monoisotopic (exact) mass is 414 g/mol. The molecule has 1 atom stereocenters. The van der Waals surface area contributed by atoms with Gasteiger partial charge in [0, 0.05) is 55.8 Å². The number of rotatable bonds is 4. The molecule has 0 bridgehead atoms. The van der Waals surface area contributed by atoms with Crippen molar-refractivity contribution in [2.45, 2.75) is 19.5 Å². The quantitative estimate of drug-likeness (QED) is 0.711. The van der Waals surface area contributed by atoms with Gasteiger partial charge in [-0.2, -0.15) is 0 Å². The Bertz CT molecular complexity index is 856. The summed E-state index contributed by atoms with van der Waals surface area (Å²) in [5.74, 6) is 0. The van der Waals surface area contributed by atoms with E-state index < -0.39 is 0 Å². The average molecular weight is 415 g/mol. The Morgan fingerprint density at radius 1 is 1.19 bits per heavy atom. The molecule has 1 saturated heterocycles. The first-order chi connectivity index (χ1) is 12.7. The molecule has 2 aromatic rings. The second kappa shape index (κ2) is 7.63. The second-order valence-corrected chi connectivity index (χ2v) is 7.47. The van der Waals surface area contributed by atoms with Gasteiger partial charge in [0.25, 0.3) is 0 Å². The van der Waals surface area contributed by atoms with Crippen LogP contribution in [0.1, 0.15) is 12.5 Å². The van der Waals surface area contributed by atoms with E-state index in [2.05, 4.69) is 72.0 Å². The molecule has 2 aliphatic heterocycles. The summed E-state index contributed by atoms with van der Waals surface area (Å²) < 4.78 is 1.20. The van der Waals surface area contributed by atoms with Crippen LogP contribution in [0.5, 0.6) is 0 Å². The molecule has 4 rings (SSSR count). The number of nitrogens with one attached hydrogen (secondary N) is 3. The molecular weight excluding hydrogens is 392 g/mol. The van der Waals surface area contributed by atoms with Crippen molar-refractivity contribution in [2.75, 3.05) is 26.2 Å². The molecule has 0 saturated carbocycles. The van der Waals surface area contributed by atoms with Crippen molar-refractivity contribution in [1.29, 1.82) is 0 Å². The smallest absolute Gasteiger partial charge is 0.0890 e. The third kappa shape index (κ3) is 3.54. The first-order valence-corrected chi connectivity index (χ1v) is 9.77. The van der Waals surface area contributed by atoms with E-state index in [1.165, 1.54) is 15.7 Å². The highest BCUT2D eigenvalue weighted by atomic mass is 79.9. The minimum Gasteiger partial charge on any atom is -0.382 e. The molecule has 3 heterocycles. The fraction of sp³-hybridized carbons (Fsp3) is 0.368. The van der Waals surface area contributed by atoms with Crippen molar-refractivity contribution >= 4 is 27.0 Å². The Kier molecular flexibility index (Phi) is 5.08. The molecule has 0 amide bonds. The van der Waals surface area contributed by atoms with E-state index in [-0.39, 0.29) is 6.04 Å². The Labute approximate surface area is 161 Å². The number of piperazine rings is 1. The highest BCUT2D eigenvalue weighted by Crippen LogP contribution is 2.28. The Morgan fingerprint density at radius 3 is 2.77 bits per heavy atom. The van der Waals surface area contributed by atoms with Gasteiger partial charge in [-0.25, -0.2) is 0 Å². The summed E-state index contributed by atoms with van der Waals surface area (Å²) in [7, 11) is 0. The van der Waals surface area contributed by atoms with E-state index in [1.807, 2.05) is 6.07 Å². The van der Waals surface area contributed by atoms with Crippen molar-refractivity contribution in [3.05, 3.63) is 58.2 Å². The topological polar surface area (TPSA) is 65.1 Å². The van der Waals surface area contributed by atoms with Crippen LogP contribution in [0, 0.1) is 0 Å². The van der Waals surface area contributed by atoms with Crippen molar-refractivity contribution in [2.24, 2.45) is 0 Å². The lowest BCUT2D eigenvalue weighted by atomic mass is 10.1. The van der Waals surface area contributed by atoms with Gasteiger partial charge in [0.1, 0.15) is 0 Å². The number of nitrogens with zero attached hydrogens (tertiary/aromatic N) is 3. The lowest BCUT2D eigenvalue weighted by Crippen LogP contribution is -2.46. The Morgan fingerprint density at radius 2 is 1.96 bits per heavy atom. The number of dihydropyridines is 1. The van der Waals surface area contributed by atoms with Gasteiger partial charge in [-0.1, -0.05) is 22.0 Å². The second-order valence-electron chi connectivity index (χ2n) is 6.61. The van der Waals surface area contributed by atoms with Gasteiger partial charge in [0.05, 0.1) is 28.5 Å². The van der Waals surface area contributed by atoms with Crippen LogP contribution in [0.3, 0.4) is 0 Å². The molecule has 1 fully saturated rings. The molecule has 6 nitrogen and oxygen atoms in total. The lowest BCUT2D eigenvalue weighted by Gasteiger charge is -2.37. The molecule has 3 N–H and O–H groups in total. The zero-order chi connectivity index (χ0) is 17.9. The van der Waals surface area contributed by atoms with Crippen LogP contribution in [0.25, 0.3) is 11.0 Å². The van der Waals surface area contributed by atoms with Gasteiger partial charge < -0.3 is 20.9 Å². The minimum absolute atomic E-state index is 0.279. The van der Waals surface area contributed by atoms with Crippen molar-refractivity contribution in [1.82, 2.24) is 30.8 Å². The van der Waals surface area contributed by atoms with E-state index in [0.717, 1.165) is 49.5 Å². The maximum absolute atomic E-state index is 4.40. The lowest BCUT2D eigenvalue weighted by molar-refractivity contribution is 0.296. The maximum Gasteiger partial charge on any atom is 0.0890 e. The van der Waals surface area contributed by atoms with Gasteiger partial charge >= 0.3 is 0 Å². The van der Waals surface area contributed by atoms with Crippen LogP contribution >= 0.6 is 15.9 Å². The SMILES string of the molecule is CC1NC=C(NCc2ccc3nccnc3c2)C(N2CCNCC2)=C1Br. The summed E-state index contributed by atoms with van der Waals surface area (Å²) in [6.07, 6.45) is 5.55. The normalized spacial score (nSPS) is 20.8. The molecule has 0 spiro atoms. The number of hydrogen-bond donors (Lipinski definition) is 3. The zero-order valence-electron chi connectivity index (χ0n) is 14.8. The summed E-state index contributed by atoms with van der Waals surface area (Å²) >= 11 is 3.81. The van der Waals surface area contributed by atoms with Crippen molar-refractivity contribution < 1.29 is 0 Å². The van der Waals surface area contributed by atoms with Gasteiger partial charge in [-0.3, -0.25) is 9.97 Å². The van der Waals surface area contributed by atoms with Crippen molar-refractivity contribution in [3.63, 3.8) is 0 Å². The van der Waals surface area contributed by atoms with E-state index in [4.69, 9.17) is 0 Å². The third-order valence-corrected chi connectivity index (χ3v) is 5.85. The molecule has 1 aromatic heterocycles. The van der Waals surface area contributed by atoms with Crippen LogP contribution in [0.4, 0.5) is 0 Å². The minimum atomic E-state index is 0.279. The summed E-state index contributed by atoms with van der Waals surface area (Å²) in [4.78, 5) is 11.2. The number of halogens is 1. The fourth-order valence-corrected chi connectivity index (χ4v) is 3.94. The molecule has 2 aliphatic rings. The standard InChI is InChI=1S/C19H23BrN6/c1-13-18(20)19(26-8-6-21-7-9-26)17(12-24-13)25-11-14-2-3-15-16(10-14)23-5-4-22-15/h2-5,10,12-13,21,24-25H,6-9,11H2,1H3. The largest absolute Gasteiger partial charge is 0.382 e. The summed E-state index contributed by atoms with van der Waals surface area (Å²) in [5.41, 5.74) is 5.42. The molecule has 0 radical (unpaired) electrons. The molecule has 1 unspecified atom stereocenters. The first kappa shape index (κ1) is 17.3. The molecular formula is C19H23BrN6. The molecule has 136 valence electrons. The van der Waals surface area contributed by atoms with Crippen LogP contribution in [0.15, 0.2) is 52.7 Å². The Hall–Kier alpha value is -2.12. The number of benzene rings is 1. The van der Waals surface area contributed by atoms with Gasteiger partial charge in [-0.05, 0) is 24.6 Å². The predicted molar refractivity (Wildman–Crippen MR) is 107 cm³/mol. The van der Waals surface area contributed by atoms with Crippen LogP contribution < -0.4 is 16.0 Å². The van der Waals surface area contributed by atoms with Gasteiger partial charge in [-0.15, -0.1) is 0 Å².